The number of hydrogen-bond acceptors (Lipinski definition) is 3. The summed E-state index contributed by atoms with van der Waals surface area (Å²) in [7, 11) is 0. The largest absolute Gasteiger partial charge is 0.462 e. The lowest BCUT2D eigenvalue weighted by Gasteiger charge is -2.20. The molecule has 0 aromatic heterocycles. The van der Waals surface area contributed by atoms with Crippen LogP contribution in [0.2, 0.25) is 0 Å². The molecule has 0 heterocycles. The lowest BCUT2D eigenvalue weighted by Crippen LogP contribution is -2.29. The Morgan fingerprint density at radius 1 is 1.21 bits per heavy atom. The summed E-state index contributed by atoms with van der Waals surface area (Å²) in [5.74, 6) is -0.700. The number of rotatable bonds is 6. The van der Waals surface area contributed by atoms with Crippen molar-refractivity contribution in [3.8, 4) is 0 Å². The van der Waals surface area contributed by atoms with Crippen molar-refractivity contribution < 1.29 is 14.6 Å². The van der Waals surface area contributed by atoms with Crippen molar-refractivity contribution in [1.82, 2.24) is 0 Å². The van der Waals surface area contributed by atoms with Gasteiger partial charge in [-0.05, 0) is 26.2 Å². The quantitative estimate of drug-likeness (QED) is 0.671. The maximum atomic E-state index is 11.5. The molecule has 2 atom stereocenters. The van der Waals surface area contributed by atoms with Crippen molar-refractivity contribution in [1.29, 1.82) is 0 Å². The highest BCUT2D eigenvalue weighted by molar-refractivity contribution is 5.72. The number of aliphatic hydroxyl groups excluding tert-OH is 1. The van der Waals surface area contributed by atoms with Gasteiger partial charge in [-0.15, -0.1) is 0 Å². The van der Waals surface area contributed by atoms with Gasteiger partial charge in [-0.25, -0.2) is 0 Å². The van der Waals surface area contributed by atoms with Gasteiger partial charge in [-0.2, -0.15) is 0 Å². The van der Waals surface area contributed by atoms with Gasteiger partial charge in [0.1, 0.15) is 6.10 Å². The van der Waals surface area contributed by atoms with Gasteiger partial charge in [0.05, 0.1) is 12.0 Å². The van der Waals surface area contributed by atoms with Crippen molar-refractivity contribution in [2.24, 2.45) is 5.92 Å². The molecule has 0 bridgehead atoms. The minimum atomic E-state index is -0.586. The van der Waals surface area contributed by atoms with Crippen LogP contribution in [-0.2, 0) is 9.53 Å². The second-order valence-corrected chi connectivity index (χ2v) is 3.64. The molecule has 0 radical (unpaired) electrons. The molecule has 0 aromatic carbocycles. The SMILES string of the molecule is CCC(CC)OC(=O)[C@H](C)[C@H](O)CC. The van der Waals surface area contributed by atoms with Gasteiger partial charge in [0.15, 0.2) is 0 Å². The summed E-state index contributed by atoms with van der Waals surface area (Å²) < 4.78 is 5.23. The lowest BCUT2D eigenvalue weighted by atomic mass is 10.0. The maximum absolute atomic E-state index is 11.5. The van der Waals surface area contributed by atoms with E-state index in [1.54, 1.807) is 6.92 Å². The summed E-state index contributed by atoms with van der Waals surface area (Å²) >= 11 is 0. The van der Waals surface area contributed by atoms with Crippen LogP contribution in [0.5, 0.6) is 0 Å². The molecule has 0 saturated heterocycles. The van der Waals surface area contributed by atoms with Crippen molar-refractivity contribution in [2.45, 2.75) is 59.2 Å². The minimum absolute atomic E-state index is 0.00555. The Balaban J connectivity index is 4.06. The van der Waals surface area contributed by atoms with E-state index in [9.17, 15) is 9.90 Å². The molecule has 1 N–H and O–H groups in total. The van der Waals surface area contributed by atoms with Crippen LogP contribution in [0.25, 0.3) is 0 Å². The Morgan fingerprint density at radius 2 is 1.71 bits per heavy atom. The molecular formula is C11H22O3. The van der Waals surface area contributed by atoms with Crippen LogP contribution in [-0.4, -0.2) is 23.3 Å². The third-order valence-electron chi connectivity index (χ3n) is 2.56. The van der Waals surface area contributed by atoms with Crippen molar-refractivity contribution in [2.75, 3.05) is 0 Å². The number of hydrogen-bond donors (Lipinski definition) is 1. The highest BCUT2D eigenvalue weighted by Gasteiger charge is 2.23. The van der Waals surface area contributed by atoms with Gasteiger partial charge < -0.3 is 9.84 Å². The third-order valence-corrected chi connectivity index (χ3v) is 2.56. The molecule has 0 spiro atoms. The summed E-state index contributed by atoms with van der Waals surface area (Å²) in [5.41, 5.74) is 0. The predicted octanol–water partition coefficient (Wildman–Crippen LogP) is 2.13. The first kappa shape index (κ1) is 13.4. The molecule has 0 saturated carbocycles. The molecule has 84 valence electrons. The number of esters is 1. The lowest BCUT2D eigenvalue weighted by molar-refractivity contribution is -0.157. The summed E-state index contributed by atoms with van der Waals surface area (Å²) in [6, 6.07) is 0. The van der Waals surface area contributed by atoms with Crippen LogP contribution < -0.4 is 0 Å². The first-order chi connectivity index (χ1) is 6.56. The minimum Gasteiger partial charge on any atom is -0.462 e. The second-order valence-electron chi connectivity index (χ2n) is 3.64. The molecule has 3 heteroatoms. The Bertz CT molecular complexity index is 164. The number of aliphatic hydroxyl groups is 1. The molecule has 14 heavy (non-hydrogen) atoms. The Hall–Kier alpha value is -0.570. The van der Waals surface area contributed by atoms with E-state index >= 15 is 0 Å². The van der Waals surface area contributed by atoms with Crippen LogP contribution in [0, 0.1) is 5.92 Å². The van der Waals surface area contributed by atoms with Gasteiger partial charge in [0.2, 0.25) is 0 Å². The van der Waals surface area contributed by atoms with Crippen molar-refractivity contribution >= 4 is 5.97 Å². The zero-order chi connectivity index (χ0) is 11.1. The van der Waals surface area contributed by atoms with Crippen LogP contribution in [0.1, 0.15) is 47.0 Å². The van der Waals surface area contributed by atoms with Gasteiger partial charge in [0.25, 0.3) is 0 Å². The van der Waals surface area contributed by atoms with Crippen LogP contribution in [0.3, 0.4) is 0 Å². The summed E-state index contributed by atoms with van der Waals surface area (Å²) in [4.78, 5) is 11.5. The topological polar surface area (TPSA) is 46.5 Å². The van der Waals surface area contributed by atoms with Crippen LogP contribution in [0.15, 0.2) is 0 Å². The van der Waals surface area contributed by atoms with Crippen LogP contribution in [0.4, 0.5) is 0 Å². The van der Waals surface area contributed by atoms with E-state index in [2.05, 4.69) is 0 Å². The summed E-state index contributed by atoms with van der Waals surface area (Å²) in [6.07, 6.45) is 1.65. The van der Waals surface area contributed by atoms with Crippen LogP contribution >= 0.6 is 0 Å². The zero-order valence-corrected chi connectivity index (χ0v) is 9.62. The highest BCUT2D eigenvalue weighted by Crippen LogP contribution is 2.12. The molecule has 0 aliphatic carbocycles. The third kappa shape index (κ3) is 4.09. The van der Waals surface area contributed by atoms with Crippen molar-refractivity contribution in [3.63, 3.8) is 0 Å². The Kier molecular flexibility index (Phi) is 6.54. The fraction of sp³-hybridized carbons (Fsp3) is 0.909. The molecule has 0 rings (SSSR count). The van der Waals surface area contributed by atoms with E-state index in [1.807, 2.05) is 20.8 Å². The average molecular weight is 202 g/mol. The first-order valence-electron chi connectivity index (χ1n) is 5.45. The van der Waals surface area contributed by atoms with Gasteiger partial charge >= 0.3 is 5.97 Å². The van der Waals surface area contributed by atoms with E-state index in [0.717, 1.165) is 12.8 Å². The predicted molar refractivity (Wildman–Crippen MR) is 55.9 cm³/mol. The molecule has 0 aromatic rings. The summed E-state index contributed by atoms with van der Waals surface area (Å²) in [6.45, 7) is 7.54. The zero-order valence-electron chi connectivity index (χ0n) is 9.62. The Morgan fingerprint density at radius 3 is 2.07 bits per heavy atom. The number of ether oxygens (including phenoxy) is 1. The summed E-state index contributed by atoms with van der Waals surface area (Å²) in [5, 5.41) is 9.45. The van der Waals surface area contributed by atoms with Gasteiger partial charge in [-0.3, -0.25) is 4.79 Å². The average Bonchev–Trinajstić information content (AvgIpc) is 2.23. The fourth-order valence-corrected chi connectivity index (χ4v) is 1.24. The van der Waals surface area contributed by atoms with E-state index in [4.69, 9.17) is 4.74 Å². The monoisotopic (exact) mass is 202 g/mol. The van der Waals surface area contributed by atoms with E-state index in [-0.39, 0.29) is 12.1 Å². The smallest absolute Gasteiger partial charge is 0.311 e. The normalized spacial score (nSPS) is 15.3. The molecule has 0 aliphatic heterocycles. The maximum Gasteiger partial charge on any atom is 0.311 e. The van der Waals surface area contributed by atoms with Gasteiger partial charge in [-0.1, -0.05) is 20.8 Å². The van der Waals surface area contributed by atoms with E-state index < -0.39 is 12.0 Å². The Labute approximate surface area is 86.5 Å². The number of carbonyl (C=O) groups excluding carboxylic acids is 1. The molecule has 0 amide bonds. The molecule has 0 unspecified atom stereocenters. The molecule has 0 fully saturated rings. The van der Waals surface area contributed by atoms with Crippen molar-refractivity contribution in [3.05, 3.63) is 0 Å². The van der Waals surface area contributed by atoms with E-state index in [1.165, 1.54) is 0 Å². The molecular weight excluding hydrogens is 180 g/mol. The first-order valence-corrected chi connectivity index (χ1v) is 5.45. The second kappa shape index (κ2) is 6.82. The highest BCUT2D eigenvalue weighted by atomic mass is 16.5. The number of carbonyl (C=O) groups is 1. The van der Waals surface area contributed by atoms with E-state index in [0.29, 0.717) is 6.42 Å². The fourth-order valence-electron chi connectivity index (χ4n) is 1.24. The van der Waals surface area contributed by atoms with Gasteiger partial charge in [0, 0.05) is 0 Å². The molecule has 0 aliphatic rings. The molecule has 3 nitrogen and oxygen atoms in total. The standard InChI is InChI=1S/C11H22O3/c1-5-9(6-2)14-11(13)8(4)10(12)7-3/h8-10,12H,5-7H2,1-4H3/t8-,10-/m1/s1.